The Balaban J connectivity index is 1.48. The van der Waals surface area contributed by atoms with Gasteiger partial charge in [0, 0.05) is 38.5 Å². The van der Waals surface area contributed by atoms with E-state index in [0.717, 1.165) is 36.6 Å². The number of benzene rings is 1. The van der Waals surface area contributed by atoms with Crippen LogP contribution in [-0.4, -0.2) is 48.2 Å². The summed E-state index contributed by atoms with van der Waals surface area (Å²) in [5.74, 6) is 1.52. The molecule has 0 amide bonds. The zero-order valence-electron chi connectivity index (χ0n) is 16.0. The van der Waals surface area contributed by atoms with Gasteiger partial charge in [0.1, 0.15) is 5.82 Å². The van der Waals surface area contributed by atoms with Crippen molar-refractivity contribution in [3.05, 3.63) is 48.5 Å². The Morgan fingerprint density at radius 3 is 2.79 bits per heavy atom. The Kier molecular flexibility index (Phi) is 5.56. The quantitative estimate of drug-likeness (QED) is 0.542. The summed E-state index contributed by atoms with van der Waals surface area (Å²) >= 11 is 0. The molecular weight excluding hydrogens is 392 g/mol. The van der Waals surface area contributed by atoms with Crippen LogP contribution in [0.25, 0.3) is 11.4 Å². The average molecular weight is 414 g/mol. The highest BCUT2D eigenvalue weighted by atomic mass is 32.2. The number of nitrogens with one attached hydrogen (secondary N) is 2. The molecule has 0 atom stereocenters. The molecule has 3 aromatic rings. The largest absolute Gasteiger partial charge is 0.383 e. The second kappa shape index (κ2) is 8.27. The van der Waals surface area contributed by atoms with Gasteiger partial charge in [-0.05, 0) is 36.8 Å². The molecular formula is C19H22N6O3S. The van der Waals surface area contributed by atoms with Crippen LogP contribution < -0.4 is 10.0 Å². The molecule has 0 radical (unpaired) electrons. The van der Waals surface area contributed by atoms with Gasteiger partial charge >= 0.3 is 0 Å². The number of methoxy groups -OCH3 is 1. The van der Waals surface area contributed by atoms with Gasteiger partial charge in [0.15, 0.2) is 0 Å². The lowest BCUT2D eigenvalue weighted by atomic mass is 10.3. The molecule has 10 heteroatoms. The van der Waals surface area contributed by atoms with Gasteiger partial charge < -0.3 is 14.6 Å². The lowest BCUT2D eigenvalue weighted by molar-refractivity contribution is 0.204. The van der Waals surface area contributed by atoms with Crippen LogP contribution in [0.5, 0.6) is 0 Å². The van der Waals surface area contributed by atoms with Crippen molar-refractivity contribution in [2.75, 3.05) is 25.6 Å². The van der Waals surface area contributed by atoms with Crippen LogP contribution in [0, 0.1) is 0 Å². The summed E-state index contributed by atoms with van der Waals surface area (Å²) < 4.78 is 34.0. The zero-order chi connectivity index (χ0) is 20.3. The maximum absolute atomic E-state index is 12.2. The van der Waals surface area contributed by atoms with Crippen molar-refractivity contribution >= 4 is 21.7 Å². The van der Waals surface area contributed by atoms with E-state index >= 15 is 0 Å². The number of anilines is 2. The van der Waals surface area contributed by atoms with Gasteiger partial charge in [-0.25, -0.2) is 28.1 Å². The first-order chi connectivity index (χ1) is 14.1. The molecule has 0 saturated carbocycles. The van der Waals surface area contributed by atoms with Crippen molar-refractivity contribution in [2.45, 2.75) is 24.3 Å². The number of hydrogen-bond donors (Lipinski definition) is 2. The average Bonchev–Trinajstić information content (AvgIpc) is 3.32. The molecule has 1 aromatic carbocycles. The van der Waals surface area contributed by atoms with Crippen LogP contribution in [0.15, 0.2) is 47.6 Å². The Morgan fingerprint density at radius 1 is 1.17 bits per heavy atom. The highest BCUT2D eigenvalue weighted by molar-refractivity contribution is 7.89. The van der Waals surface area contributed by atoms with Crippen molar-refractivity contribution in [2.24, 2.45) is 0 Å². The van der Waals surface area contributed by atoms with E-state index in [0.29, 0.717) is 18.2 Å². The molecule has 2 aromatic heterocycles. The molecule has 0 spiro atoms. The molecule has 29 heavy (non-hydrogen) atoms. The summed E-state index contributed by atoms with van der Waals surface area (Å²) in [7, 11) is -2.04. The first-order valence-corrected chi connectivity index (χ1v) is 10.8. The molecule has 2 N–H and O–H groups in total. The highest BCUT2D eigenvalue weighted by Crippen LogP contribution is 2.25. The molecule has 152 valence electrons. The molecule has 0 unspecified atom stereocenters. The molecule has 9 nitrogen and oxygen atoms in total. The Bertz CT molecular complexity index is 1100. The molecule has 0 aliphatic carbocycles. The SMILES string of the molecule is COCCNS(=O)(=O)c1ccc(Nc2nccc(-c3cnc4n3CCC4)n2)cc1. The number of rotatable bonds is 8. The van der Waals surface area contributed by atoms with Crippen LogP contribution >= 0.6 is 0 Å². The van der Waals surface area contributed by atoms with Crippen molar-refractivity contribution < 1.29 is 13.2 Å². The summed E-state index contributed by atoms with van der Waals surface area (Å²) in [6, 6.07) is 8.28. The van der Waals surface area contributed by atoms with Gasteiger partial charge in [0.25, 0.3) is 0 Å². The fraction of sp³-hybridized carbons (Fsp3) is 0.316. The van der Waals surface area contributed by atoms with E-state index in [2.05, 4.69) is 29.6 Å². The van der Waals surface area contributed by atoms with Crippen LogP contribution in [0.3, 0.4) is 0 Å². The summed E-state index contributed by atoms with van der Waals surface area (Å²) in [4.78, 5) is 13.5. The lowest BCUT2D eigenvalue weighted by Crippen LogP contribution is -2.27. The number of sulfonamides is 1. The Labute approximate surface area is 169 Å². The van der Waals surface area contributed by atoms with E-state index in [4.69, 9.17) is 4.74 Å². The topological polar surface area (TPSA) is 111 Å². The van der Waals surface area contributed by atoms with Crippen molar-refractivity contribution in [1.29, 1.82) is 0 Å². The van der Waals surface area contributed by atoms with E-state index < -0.39 is 10.0 Å². The van der Waals surface area contributed by atoms with E-state index in [1.54, 1.807) is 18.3 Å². The van der Waals surface area contributed by atoms with Crippen molar-refractivity contribution in [1.82, 2.24) is 24.2 Å². The number of fused-ring (bicyclic) bond motifs is 1. The molecule has 1 aliphatic heterocycles. The summed E-state index contributed by atoms with van der Waals surface area (Å²) in [5.41, 5.74) is 2.47. The third-order valence-electron chi connectivity index (χ3n) is 4.66. The number of hydrogen-bond acceptors (Lipinski definition) is 7. The number of nitrogens with zero attached hydrogens (tertiary/aromatic N) is 4. The zero-order valence-corrected chi connectivity index (χ0v) is 16.8. The minimum atomic E-state index is -3.56. The van der Waals surface area contributed by atoms with E-state index in [-0.39, 0.29) is 11.4 Å². The minimum absolute atomic E-state index is 0.184. The van der Waals surface area contributed by atoms with E-state index in [1.165, 1.54) is 19.2 Å². The van der Waals surface area contributed by atoms with Crippen LogP contribution in [0.1, 0.15) is 12.2 Å². The predicted octanol–water partition coefficient (Wildman–Crippen LogP) is 1.95. The number of ether oxygens (including phenoxy) is 1. The lowest BCUT2D eigenvalue weighted by Gasteiger charge is -2.09. The molecule has 0 saturated heterocycles. The second-order valence-corrected chi connectivity index (χ2v) is 8.39. The van der Waals surface area contributed by atoms with Gasteiger partial charge in [-0.2, -0.15) is 0 Å². The first kappa shape index (κ1) is 19.5. The standard InChI is InChI=1S/C19H22N6O3S/c1-28-12-10-22-29(26,27)15-6-4-14(5-7-15)23-19-20-9-8-16(24-19)17-13-21-18-3-2-11-25(17)18/h4-9,13,22H,2-3,10-12H2,1H3,(H,20,23,24). The molecule has 0 fully saturated rings. The van der Waals surface area contributed by atoms with Gasteiger partial charge in [-0.15, -0.1) is 0 Å². The molecule has 1 aliphatic rings. The van der Waals surface area contributed by atoms with Crippen LogP contribution in [-0.2, 0) is 27.7 Å². The third-order valence-corrected chi connectivity index (χ3v) is 6.13. The molecule has 4 rings (SSSR count). The third kappa shape index (κ3) is 4.29. The maximum Gasteiger partial charge on any atom is 0.240 e. The smallest absolute Gasteiger partial charge is 0.240 e. The monoisotopic (exact) mass is 414 g/mol. The minimum Gasteiger partial charge on any atom is -0.383 e. The van der Waals surface area contributed by atoms with Crippen LogP contribution in [0.2, 0.25) is 0 Å². The van der Waals surface area contributed by atoms with Crippen molar-refractivity contribution in [3.63, 3.8) is 0 Å². The molecule has 0 bridgehead atoms. The van der Waals surface area contributed by atoms with E-state index in [1.807, 2.05) is 12.3 Å². The van der Waals surface area contributed by atoms with E-state index in [9.17, 15) is 8.42 Å². The maximum atomic E-state index is 12.2. The normalized spacial score (nSPS) is 13.4. The van der Waals surface area contributed by atoms with Crippen LogP contribution in [0.4, 0.5) is 11.6 Å². The highest BCUT2D eigenvalue weighted by Gasteiger charge is 2.18. The van der Waals surface area contributed by atoms with Gasteiger partial charge in [0.05, 0.1) is 29.1 Å². The van der Waals surface area contributed by atoms with Gasteiger partial charge in [0.2, 0.25) is 16.0 Å². The molecule has 3 heterocycles. The summed E-state index contributed by atoms with van der Waals surface area (Å²) in [6.45, 7) is 1.48. The Hall–Kier alpha value is -2.82. The Morgan fingerprint density at radius 2 is 2.00 bits per heavy atom. The second-order valence-electron chi connectivity index (χ2n) is 6.62. The number of aryl methyl sites for hydroxylation is 1. The number of imidazole rings is 1. The first-order valence-electron chi connectivity index (χ1n) is 9.30. The fourth-order valence-corrected chi connectivity index (χ4v) is 4.25. The summed E-state index contributed by atoms with van der Waals surface area (Å²) in [6.07, 6.45) is 5.63. The van der Waals surface area contributed by atoms with Gasteiger partial charge in [-0.3, -0.25) is 0 Å². The summed E-state index contributed by atoms with van der Waals surface area (Å²) in [5, 5.41) is 3.12. The number of aromatic nitrogens is 4. The van der Waals surface area contributed by atoms with Gasteiger partial charge in [-0.1, -0.05) is 0 Å². The van der Waals surface area contributed by atoms with Crippen molar-refractivity contribution in [3.8, 4) is 11.4 Å². The predicted molar refractivity (Wildman–Crippen MR) is 108 cm³/mol. The fourth-order valence-electron chi connectivity index (χ4n) is 3.23.